The number of nitrogens with one attached hydrogen (secondary N) is 1. The monoisotopic (exact) mass is 286 g/mol. The van der Waals surface area contributed by atoms with Gasteiger partial charge in [0.25, 0.3) is 0 Å². The molecule has 0 aromatic rings. The van der Waals surface area contributed by atoms with Crippen LogP contribution in [-0.2, 0) is 14.3 Å². The van der Waals surface area contributed by atoms with Gasteiger partial charge in [0.2, 0.25) is 5.91 Å². The molecule has 3 unspecified atom stereocenters. The van der Waals surface area contributed by atoms with Crippen molar-refractivity contribution in [2.75, 3.05) is 13.2 Å². The van der Waals surface area contributed by atoms with Gasteiger partial charge in [0, 0.05) is 6.61 Å². The summed E-state index contributed by atoms with van der Waals surface area (Å²) in [5.41, 5.74) is 4.82. The van der Waals surface area contributed by atoms with Crippen LogP contribution in [0.15, 0.2) is 0 Å². The minimum Gasteiger partial charge on any atom is -0.378 e. The summed E-state index contributed by atoms with van der Waals surface area (Å²) in [6, 6.07) is 0. The predicted molar refractivity (Wildman–Crippen MR) is 79.5 cm³/mol. The van der Waals surface area contributed by atoms with Crippen LogP contribution < -0.4 is 11.1 Å². The van der Waals surface area contributed by atoms with Crippen molar-refractivity contribution in [3.8, 4) is 0 Å². The molecule has 1 aliphatic rings. The molecule has 1 heterocycles. The van der Waals surface area contributed by atoms with Gasteiger partial charge in [0.05, 0.1) is 23.9 Å². The average molecular weight is 286 g/mol. The van der Waals surface area contributed by atoms with Crippen LogP contribution in [0.1, 0.15) is 53.4 Å². The van der Waals surface area contributed by atoms with Gasteiger partial charge in [-0.25, -0.2) is 0 Å². The summed E-state index contributed by atoms with van der Waals surface area (Å²) >= 11 is 0. The summed E-state index contributed by atoms with van der Waals surface area (Å²) in [6.07, 6.45) is 4.10. The van der Waals surface area contributed by atoms with Crippen molar-refractivity contribution in [2.45, 2.75) is 77.2 Å². The molecule has 5 nitrogen and oxygen atoms in total. The number of carbonyl (C=O) groups excluding carboxylic acids is 1. The fraction of sp³-hybridized carbons (Fsp3) is 0.933. The molecule has 1 saturated heterocycles. The Kier molecular flexibility index (Phi) is 6.92. The van der Waals surface area contributed by atoms with Crippen LogP contribution in [0.2, 0.25) is 0 Å². The first kappa shape index (κ1) is 17.4. The smallest absolute Gasteiger partial charge is 0.237 e. The summed E-state index contributed by atoms with van der Waals surface area (Å²) in [7, 11) is 0. The van der Waals surface area contributed by atoms with E-state index in [1.165, 1.54) is 0 Å². The number of amides is 1. The number of carbonyl (C=O) groups is 1. The molecule has 1 aliphatic heterocycles. The van der Waals surface area contributed by atoms with Crippen molar-refractivity contribution in [1.29, 1.82) is 0 Å². The van der Waals surface area contributed by atoms with Crippen LogP contribution >= 0.6 is 0 Å². The van der Waals surface area contributed by atoms with Crippen molar-refractivity contribution in [3.05, 3.63) is 0 Å². The quantitative estimate of drug-likeness (QED) is 0.710. The van der Waals surface area contributed by atoms with Crippen LogP contribution in [-0.4, -0.2) is 42.9 Å². The number of hydrogen-bond donors (Lipinski definition) is 2. The maximum absolute atomic E-state index is 11.6. The fourth-order valence-corrected chi connectivity index (χ4v) is 2.61. The first-order chi connectivity index (χ1) is 9.37. The Bertz CT molecular complexity index is 301. The zero-order valence-corrected chi connectivity index (χ0v) is 13.3. The molecule has 0 aliphatic carbocycles. The second kappa shape index (κ2) is 7.96. The van der Waals surface area contributed by atoms with Crippen molar-refractivity contribution in [2.24, 2.45) is 5.73 Å². The van der Waals surface area contributed by atoms with Crippen molar-refractivity contribution in [1.82, 2.24) is 5.32 Å². The maximum Gasteiger partial charge on any atom is 0.237 e. The van der Waals surface area contributed by atoms with Gasteiger partial charge in [0.15, 0.2) is 0 Å². The molecule has 0 spiro atoms. The molecule has 118 valence electrons. The third-order valence-electron chi connectivity index (χ3n) is 3.92. The number of ether oxygens (including phenoxy) is 2. The Balaban J connectivity index is 2.38. The SMILES string of the molecule is CCCNC(C)(CCOC1CC(C)OC(C)C1)C(N)=O. The highest BCUT2D eigenvalue weighted by atomic mass is 16.5. The van der Waals surface area contributed by atoms with Gasteiger partial charge in [-0.05, 0) is 53.0 Å². The molecule has 1 fully saturated rings. The van der Waals surface area contributed by atoms with Crippen molar-refractivity contribution >= 4 is 5.91 Å². The summed E-state index contributed by atoms with van der Waals surface area (Å²) in [5, 5.41) is 3.22. The topological polar surface area (TPSA) is 73.6 Å². The Morgan fingerprint density at radius 2 is 2.00 bits per heavy atom. The first-order valence-corrected chi connectivity index (χ1v) is 7.69. The number of hydrogen-bond acceptors (Lipinski definition) is 4. The van der Waals surface area contributed by atoms with E-state index in [9.17, 15) is 4.79 Å². The van der Waals surface area contributed by atoms with E-state index >= 15 is 0 Å². The highest BCUT2D eigenvalue weighted by Gasteiger charge is 2.31. The Hall–Kier alpha value is -0.650. The van der Waals surface area contributed by atoms with Gasteiger partial charge >= 0.3 is 0 Å². The number of nitrogens with two attached hydrogens (primary N) is 1. The van der Waals surface area contributed by atoms with Crippen LogP contribution in [0.5, 0.6) is 0 Å². The molecule has 20 heavy (non-hydrogen) atoms. The van der Waals surface area contributed by atoms with Gasteiger partial charge in [-0.2, -0.15) is 0 Å². The number of primary amides is 1. The molecule has 1 amide bonds. The summed E-state index contributed by atoms with van der Waals surface area (Å²) in [5.74, 6) is -0.316. The lowest BCUT2D eigenvalue weighted by Gasteiger charge is -2.33. The molecule has 3 atom stereocenters. The van der Waals surface area contributed by atoms with E-state index in [1.54, 1.807) is 0 Å². The van der Waals surface area contributed by atoms with E-state index in [0.717, 1.165) is 25.8 Å². The molecule has 1 rings (SSSR count). The van der Waals surface area contributed by atoms with Crippen LogP contribution in [0, 0.1) is 0 Å². The summed E-state index contributed by atoms with van der Waals surface area (Å²) in [4.78, 5) is 11.6. The molecule has 0 aromatic carbocycles. The lowest BCUT2D eigenvalue weighted by atomic mass is 9.97. The Morgan fingerprint density at radius 3 is 2.50 bits per heavy atom. The zero-order chi connectivity index (χ0) is 15.2. The van der Waals surface area contributed by atoms with Gasteiger partial charge in [-0.1, -0.05) is 6.92 Å². The van der Waals surface area contributed by atoms with Crippen LogP contribution in [0.4, 0.5) is 0 Å². The van der Waals surface area contributed by atoms with E-state index in [1.807, 2.05) is 6.92 Å². The van der Waals surface area contributed by atoms with Gasteiger partial charge < -0.3 is 20.5 Å². The fourth-order valence-electron chi connectivity index (χ4n) is 2.61. The lowest BCUT2D eigenvalue weighted by molar-refractivity contribution is -0.126. The zero-order valence-electron chi connectivity index (χ0n) is 13.3. The van der Waals surface area contributed by atoms with E-state index in [0.29, 0.717) is 13.0 Å². The normalized spacial score (nSPS) is 29.9. The molecule has 0 radical (unpaired) electrons. The standard InChI is InChI=1S/C15H30N2O3/c1-5-7-17-15(4,14(16)18)6-8-19-13-9-11(2)20-12(3)10-13/h11-13,17H,5-10H2,1-4H3,(H2,16,18). The largest absolute Gasteiger partial charge is 0.378 e. The van der Waals surface area contributed by atoms with Gasteiger partial charge in [0.1, 0.15) is 0 Å². The highest BCUT2D eigenvalue weighted by Crippen LogP contribution is 2.22. The van der Waals surface area contributed by atoms with Crippen LogP contribution in [0.25, 0.3) is 0 Å². The molecular weight excluding hydrogens is 256 g/mol. The van der Waals surface area contributed by atoms with Crippen molar-refractivity contribution < 1.29 is 14.3 Å². The molecule has 5 heteroatoms. The molecule has 0 bridgehead atoms. The molecule has 0 aromatic heterocycles. The third kappa shape index (κ3) is 5.38. The maximum atomic E-state index is 11.6. The number of rotatable bonds is 8. The van der Waals surface area contributed by atoms with Crippen molar-refractivity contribution in [3.63, 3.8) is 0 Å². The average Bonchev–Trinajstić information content (AvgIpc) is 2.35. The first-order valence-electron chi connectivity index (χ1n) is 7.69. The second-order valence-corrected chi connectivity index (χ2v) is 6.09. The van der Waals surface area contributed by atoms with E-state index < -0.39 is 5.54 Å². The minimum atomic E-state index is -0.682. The van der Waals surface area contributed by atoms with Gasteiger partial charge in [-0.3, -0.25) is 4.79 Å². The minimum absolute atomic E-state index is 0.219. The van der Waals surface area contributed by atoms with E-state index in [4.69, 9.17) is 15.2 Å². The molecule has 3 N–H and O–H groups in total. The molecular formula is C15H30N2O3. The second-order valence-electron chi connectivity index (χ2n) is 6.09. The van der Waals surface area contributed by atoms with E-state index in [2.05, 4.69) is 26.1 Å². The lowest BCUT2D eigenvalue weighted by Crippen LogP contribution is -2.54. The summed E-state index contributed by atoms with van der Waals surface area (Å²) in [6.45, 7) is 9.38. The molecule has 0 saturated carbocycles. The van der Waals surface area contributed by atoms with Gasteiger partial charge in [-0.15, -0.1) is 0 Å². The Labute approximate surface area is 122 Å². The Morgan fingerprint density at radius 1 is 1.40 bits per heavy atom. The summed E-state index contributed by atoms with van der Waals surface area (Å²) < 4.78 is 11.6. The predicted octanol–water partition coefficient (Wildman–Crippen LogP) is 1.59. The third-order valence-corrected chi connectivity index (χ3v) is 3.92. The van der Waals surface area contributed by atoms with E-state index in [-0.39, 0.29) is 24.2 Å². The highest BCUT2D eigenvalue weighted by molar-refractivity contribution is 5.84. The van der Waals surface area contributed by atoms with Crippen LogP contribution in [0.3, 0.4) is 0 Å².